The fourth-order valence-electron chi connectivity index (χ4n) is 3.36. The number of benzene rings is 3. The molecule has 158 valence electrons. The number of ether oxygens (including phenoxy) is 1. The van der Waals surface area contributed by atoms with Crippen LogP contribution in [0.2, 0.25) is 5.02 Å². The number of fused-ring (bicyclic) bond motifs is 1. The summed E-state index contributed by atoms with van der Waals surface area (Å²) in [4.78, 5) is 18.9. The van der Waals surface area contributed by atoms with Gasteiger partial charge in [0.15, 0.2) is 6.10 Å². The van der Waals surface area contributed by atoms with E-state index in [1.165, 1.54) is 4.90 Å². The molecule has 0 bridgehead atoms. The molecule has 0 saturated heterocycles. The highest BCUT2D eigenvalue weighted by Crippen LogP contribution is 2.27. The zero-order chi connectivity index (χ0) is 21.8. The zero-order valence-electron chi connectivity index (χ0n) is 17.3. The Bertz CT molecular complexity index is 1200. The van der Waals surface area contributed by atoms with Crippen LogP contribution in [0.25, 0.3) is 22.2 Å². The van der Waals surface area contributed by atoms with E-state index in [0.29, 0.717) is 34.5 Å². The molecule has 1 aromatic heterocycles. The molecular weight excluding hydrogens is 414 g/mol. The summed E-state index contributed by atoms with van der Waals surface area (Å²) in [6.45, 7) is 2.09. The Labute approximate surface area is 185 Å². The van der Waals surface area contributed by atoms with Crippen molar-refractivity contribution in [3.8, 4) is 17.1 Å². The molecule has 31 heavy (non-hydrogen) atoms. The average Bonchev–Trinajstić information content (AvgIpc) is 3.25. The van der Waals surface area contributed by atoms with Crippen LogP contribution in [0.15, 0.2) is 71.3 Å². The third kappa shape index (κ3) is 4.54. The summed E-state index contributed by atoms with van der Waals surface area (Å²) >= 11 is 6.20. The molecule has 0 aliphatic heterocycles. The second kappa shape index (κ2) is 9.18. The van der Waals surface area contributed by atoms with Gasteiger partial charge in [-0.1, -0.05) is 72.2 Å². The van der Waals surface area contributed by atoms with Crippen LogP contribution in [0.1, 0.15) is 19.2 Å². The summed E-state index contributed by atoms with van der Waals surface area (Å²) in [5.74, 6) is 1.24. The Morgan fingerprint density at radius 3 is 2.65 bits per heavy atom. The highest BCUT2D eigenvalue weighted by molar-refractivity contribution is 6.33. The largest absolute Gasteiger partial charge is 0.480 e. The van der Waals surface area contributed by atoms with E-state index in [9.17, 15) is 4.79 Å². The van der Waals surface area contributed by atoms with E-state index >= 15 is 0 Å². The number of hydrogen-bond donors (Lipinski definition) is 0. The van der Waals surface area contributed by atoms with Gasteiger partial charge in [-0.05, 0) is 30.0 Å². The van der Waals surface area contributed by atoms with E-state index < -0.39 is 6.10 Å². The first kappa shape index (κ1) is 20.9. The molecule has 1 atom stereocenters. The lowest BCUT2D eigenvalue weighted by Crippen LogP contribution is -2.39. The quantitative estimate of drug-likeness (QED) is 0.391. The number of halogens is 1. The molecule has 0 aliphatic carbocycles. The van der Waals surface area contributed by atoms with Gasteiger partial charge in [0.2, 0.25) is 11.7 Å². The minimum atomic E-state index is -0.623. The van der Waals surface area contributed by atoms with Gasteiger partial charge in [-0.25, -0.2) is 0 Å². The lowest BCUT2D eigenvalue weighted by Gasteiger charge is -2.23. The highest BCUT2D eigenvalue weighted by Gasteiger charge is 2.24. The number of rotatable bonds is 7. The summed E-state index contributed by atoms with van der Waals surface area (Å²) in [5, 5.41) is 6.56. The van der Waals surface area contributed by atoms with Crippen LogP contribution >= 0.6 is 11.6 Å². The van der Waals surface area contributed by atoms with Crippen LogP contribution in [0, 0.1) is 0 Å². The molecule has 0 spiro atoms. The maximum Gasteiger partial charge on any atom is 0.263 e. The van der Waals surface area contributed by atoms with Gasteiger partial charge in [0.25, 0.3) is 5.91 Å². The molecule has 6 nitrogen and oxygen atoms in total. The maximum atomic E-state index is 13.0. The van der Waals surface area contributed by atoms with E-state index in [0.717, 1.165) is 10.8 Å². The molecule has 0 radical (unpaired) electrons. The Morgan fingerprint density at radius 2 is 1.84 bits per heavy atom. The van der Waals surface area contributed by atoms with E-state index in [2.05, 4.69) is 10.1 Å². The Morgan fingerprint density at radius 1 is 1.10 bits per heavy atom. The van der Waals surface area contributed by atoms with Crippen molar-refractivity contribution in [2.45, 2.75) is 26.0 Å². The average molecular weight is 436 g/mol. The fourth-order valence-corrected chi connectivity index (χ4v) is 3.58. The van der Waals surface area contributed by atoms with Gasteiger partial charge < -0.3 is 14.2 Å². The minimum absolute atomic E-state index is 0.159. The van der Waals surface area contributed by atoms with Crippen molar-refractivity contribution in [3.05, 3.63) is 77.6 Å². The second-order valence-corrected chi connectivity index (χ2v) is 7.59. The van der Waals surface area contributed by atoms with Gasteiger partial charge in [0, 0.05) is 18.0 Å². The van der Waals surface area contributed by atoms with Crippen LogP contribution in [-0.2, 0) is 11.3 Å². The van der Waals surface area contributed by atoms with Gasteiger partial charge >= 0.3 is 0 Å². The summed E-state index contributed by atoms with van der Waals surface area (Å²) in [6, 6.07) is 21.0. The smallest absolute Gasteiger partial charge is 0.263 e. The van der Waals surface area contributed by atoms with Gasteiger partial charge in [0.05, 0.1) is 11.6 Å². The van der Waals surface area contributed by atoms with Gasteiger partial charge in [-0.2, -0.15) is 4.98 Å². The molecule has 0 unspecified atom stereocenters. The molecule has 4 aromatic rings. The monoisotopic (exact) mass is 435 g/mol. The van der Waals surface area contributed by atoms with Crippen molar-refractivity contribution in [2.24, 2.45) is 0 Å². The third-order valence-electron chi connectivity index (χ3n) is 5.00. The highest BCUT2D eigenvalue weighted by atomic mass is 35.5. The first-order valence-corrected chi connectivity index (χ1v) is 10.4. The van der Waals surface area contributed by atoms with Crippen molar-refractivity contribution in [3.63, 3.8) is 0 Å². The minimum Gasteiger partial charge on any atom is -0.480 e. The molecule has 1 amide bonds. The van der Waals surface area contributed by atoms with Gasteiger partial charge in [-0.3, -0.25) is 4.79 Å². The normalized spacial score (nSPS) is 12.0. The molecule has 0 N–H and O–H groups in total. The summed E-state index contributed by atoms with van der Waals surface area (Å²) < 4.78 is 11.4. The number of carbonyl (C=O) groups is 1. The second-order valence-electron chi connectivity index (χ2n) is 7.18. The fraction of sp³-hybridized carbons (Fsp3) is 0.208. The molecule has 3 aromatic carbocycles. The summed E-state index contributed by atoms with van der Waals surface area (Å²) in [7, 11) is 1.69. The molecule has 4 rings (SSSR count). The zero-order valence-corrected chi connectivity index (χ0v) is 18.0. The SMILES string of the molecule is CC[C@H](Oc1cccc2ccccc12)C(=O)N(C)Cc1nc(-c2ccccc2Cl)no1. The lowest BCUT2D eigenvalue weighted by molar-refractivity contribution is -0.138. The topological polar surface area (TPSA) is 68.5 Å². The van der Waals surface area contributed by atoms with E-state index in [4.69, 9.17) is 20.9 Å². The van der Waals surface area contributed by atoms with E-state index in [1.54, 1.807) is 13.1 Å². The number of hydrogen-bond acceptors (Lipinski definition) is 5. The van der Waals surface area contributed by atoms with Crippen LogP contribution in [0.5, 0.6) is 5.75 Å². The Balaban J connectivity index is 1.47. The van der Waals surface area contributed by atoms with Crippen LogP contribution in [-0.4, -0.2) is 34.1 Å². The molecular formula is C24H22ClN3O3. The van der Waals surface area contributed by atoms with Crippen molar-refractivity contribution >= 4 is 28.3 Å². The first-order valence-electron chi connectivity index (χ1n) is 10.0. The van der Waals surface area contributed by atoms with Gasteiger partial charge in [-0.15, -0.1) is 0 Å². The molecule has 0 saturated carbocycles. The first-order chi connectivity index (χ1) is 15.1. The molecule has 0 aliphatic rings. The Kier molecular flexibility index (Phi) is 6.18. The number of carbonyl (C=O) groups excluding carboxylic acids is 1. The van der Waals surface area contributed by atoms with Crippen LogP contribution in [0.4, 0.5) is 0 Å². The Hall–Kier alpha value is -3.38. The van der Waals surface area contributed by atoms with E-state index in [1.807, 2.05) is 67.6 Å². The molecule has 0 fully saturated rings. The van der Waals surface area contributed by atoms with Crippen molar-refractivity contribution in [2.75, 3.05) is 7.05 Å². The predicted molar refractivity (Wildman–Crippen MR) is 120 cm³/mol. The van der Waals surface area contributed by atoms with Gasteiger partial charge in [0.1, 0.15) is 5.75 Å². The van der Waals surface area contributed by atoms with Crippen molar-refractivity contribution < 1.29 is 14.1 Å². The number of likely N-dealkylation sites (N-methyl/N-ethyl adjacent to an activating group) is 1. The lowest BCUT2D eigenvalue weighted by atomic mass is 10.1. The molecule has 1 heterocycles. The predicted octanol–water partition coefficient (Wildman–Crippen LogP) is 5.36. The van der Waals surface area contributed by atoms with Crippen LogP contribution in [0.3, 0.4) is 0 Å². The summed E-state index contributed by atoms with van der Waals surface area (Å²) in [6.07, 6.45) is -0.0945. The third-order valence-corrected chi connectivity index (χ3v) is 5.33. The van der Waals surface area contributed by atoms with Crippen LogP contribution < -0.4 is 4.74 Å². The van der Waals surface area contributed by atoms with E-state index in [-0.39, 0.29) is 12.5 Å². The van der Waals surface area contributed by atoms with Crippen molar-refractivity contribution in [1.82, 2.24) is 15.0 Å². The standard InChI is InChI=1S/C24H22ClN3O3/c1-3-20(30-21-14-8-10-16-9-4-5-11-17(16)21)24(29)28(2)15-22-26-23(27-31-22)18-12-6-7-13-19(18)25/h4-14,20H,3,15H2,1-2H3/t20-/m0/s1. The van der Waals surface area contributed by atoms with Crippen molar-refractivity contribution in [1.29, 1.82) is 0 Å². The summed E-state index contributed by atoms with van der Waals surface area (Å²) in [5.41, 5.74) is 0.680. The number of amides is 1. The number of nitrogens with zero attached hydrogens (tertiary/aromatic N) is 3. The molecule has 7 heteroatoms. The maximum absolute atomic E-state index is 13.0. The number of aromatic nitrogens is 2.